The number of rotatable bonds is 6. The number of imide groups is 1. The van der Waals surface area contributed by atoms with Crippen LogP contribution >= 0.6 is 11.3 Å². The van der Waals surface area contributed by atoms with E-state index < -0.39 is 6.04 Å². The molecule has 2 fully saturated rings. The third-order valence-corrected chi connectivity index (χ3v) is 7.95. The fourth-order valence-corrected chi connectivity index (χ4v) is 6.36. The second-order valence-corrected chi connectivity index (χ2v) is 10.0. The van der Waals surface area contributed by atoms with Crippen LogP contribution in [0.5, 0.6) is 0 Å². The highest BCUT2D eigenvalue weighted by atomic mass is 32.1. The van der Waals surface area contributed by atoms with Crippen LogP contribution in [0.4, 0.5) is 5.13 Å². The fourth-order valence-electron chi connectivity index (χ4n) is 5.63. The molecule has 2 aliphatic carbocycles. The van der Waals surface area contributed by atoms with E-state index in [1.807, 2.05) is 66.0 Å². The maximum Gasteiger partial charge on any atom is 0.249 e. The summed E-state index contributed by atoms with van der Waals surface area (Å²) in [4.78, 5) is 46.2. The molecule has 0 radical (unpaired) electrons. The number of carbonyl (C=O) groups is 3. The van der Waals surface area contributed by atoms with Crippen molar-refractivity contribution in [3.63, 3.8) is 0 Å². The number of hydrogen-bond donors (Lipinski definition) is 1. The quantitative estimate of drug-likeness (QED) is 0.434. The summed E-state index contributed by atoms with van der Waals surface area (Å²) in [6.45, 7) is 0. The summed E-state index contributed by atoms with van der Waals surface area (Å²) < 4.78 is 0. The zero-order chi connectivity index (χ0) is 23.2. The van der Waals surface area contributed by atoms with Crippen LogP contribution in [0.15, 0.2) is 78.2 Å². The Bertz CT molecular complexity index is 1260. The molecule has 2 bridgehead atoms. The first-order valence-corrected chi connectivity index (χ1v) is 12.4. The lowest BCUT2D eigenvalue weighted by molar-refractivity contribution is -0.147. The molecule has 0 unspecified atom stereocenters. The number of nitrogens with one attached hydrogen (secondary N) is 1. The zero-order valence-electron chi connectivity index (χ0n) is 18.3. The van der Waals surface area contributed by atoms with Gasteiger partial charge in [0.2, 0.25) is 17.7 Å². The van der Waals surface area contributed by atoms with Crippen LogP contribution < -0.4 is 5.32 Å². The SMILES string of the molecule is O=C(Nc1nc(-c2ccccc2)cs1)[C@H](Cc1ccccc1)N1C(=O)[C@H]2[C@H](C1=O)[C@H]1C=C[C@H]2C1. The standard InChI is InChI=1S/C27H23N3O3S/c31-24(29-27-28-20(15-34-27)17-9-5-2-6-10-17)21(13-16-7-3-1-4-8-16)30-25(32)22-18-11-12-19(14-18)23(22)26(30)33/h1-12,15,18-19,21-23H,13-14H2,(H,28,29,31)/t18-,19-,21-,22+,23+/m0/s1. The number of carbonyl (C=O) groups excluding carboxylic acids is 3. The molecule has 1 N–H and O–H groups in total. The molecule has 1 saturated carbocycles. The zero-order valence-corrected chi connectivity index (χ0v) is 19.2. The molecular formula is C27H23N3O3S. The van der Waals surface area contributed by atoms with E-state index >= 15 is 0 Å². The molecule has 0 spiro atoms. The van der Waals surface area contributed by atoms with Gasteiger partial charge < -0.3 is 5.32 Å². The minimum atomic E-state index is -0.920. The van der Waals surface area contributed by atoms with Crippen LogP contribution in [0.1, 0.15) is 12.0 Å². The summed E-state index contributed by atoms with van der Waals surface area (Å²) in [5.41, 5.74) is 2.62. The van der Waals surface area contributed by atoms with Gasteiger partial charge in [-0.05, 0) is 23.8 Å². The van der Waals surface area contributed by atoms with Gasteiger partial charge in [-0.2, -0.15) is 0 Å². The third kappa shape index (κ3) is 3.47. The Labute approximate surface area is 201 Å². The van der Waals surface area contributed by atoms with Crippen LogP contribution in [0.25, 0.3) is 11.3 Å². The van der Waals surface area contributed by atoms with Crippen molar-refractivity contribution in [2.24, 2.45) is 23.7 Å². The molecule has 2 heterocycles. The summed E-state index contributed by atoms with van der Waals surface area (Å²) in [5.74, 6) is -1.29. The van der Waals surface area contributed by atoms with Gasteiger partial charge in [-0.15, -0.1) is 11.3 Å². The van der Waals surface area contributed by atoms with Crippen molar-refractivity contribution in [1.29, 1.82) is 0 Å². The second-order valence-electron chi connectivity index (χ2n) is 9.15. The first kappa shape index (κ1) is 21.0. The molecule has 1 aromatic heterocycles. The van der Waals surface area contributed by atoms with Crippen LogP contribution in [-0.4, -0.2) is 33.6 Å². The first-order valence-electron chi connectivity index (χ1n) is 11.5. The van der Waals surface area contributed by atoms with Gasteiger partial charge in [0, 0.05) is 17.4 Å². The largest absolute Gasteiger partial charge is 0.300 e. The number of thiazole rings is 1. The average Bonchev–Trinajstić information content (AvgIpc) is 3.64. The summed E-state index contributed by atoms with van der Waals surface area (Å²) in [5, 5.41) is 5.21. The number of allylic oxidation sites excluding steroid dienone is 2. The number of likely N-dealkylation sites (tertiary alicyclic amines) is 1. The lowest BCUT2D eigenvalue weighted by atomic mass is 9.85. The van der Waals surface area contributed by atoms with Crippen LogP contribution in [0.3, 0.4) is 0 Å². The van der Waals surface area contributed by atoms with E-state index in [1.54, 1.807) is 0 Å². The average molecular weight is 470 g/mol. The molecular weight excluding hydrogens is 446 g/mol. The summed E-state index contributed by atoms with van der Waals surface area (Å²) in [7, 11) is 0. The minimum Gasteiger partial charge on any atom is -0.300 e. The Hall–Kier alpha value is -3.58. The Morgan fingerprint density at radius 1 is 0.971 bits per heavy atom. The van der Waals surface area contributed by atoms with Gasteiger partial charge in [0.1, 0.15) is 6.04 Å². The van der Waals surface area contributed by atoms with E-state index in [4.69, 9.17) is 0 Å². The van der Waals surface area contributed by atoms with E-state index in [-0.39, 0.29) is 47.8 Å². The van der Waals surface area contributed by atoms with Gasteiger partial charge in [0.25, 0.3) is 0 Å². The lowest BCUT2D eigenvalue weighted by Gasteiger charge is -2.26. The lowest BCUT2D eigenvalue weighted by Crippen LogP contribution is -2.49. The van der Waals surface area contributed by atoms with Gasteiger partial charge in [-0.25, -0.2) is 4.98 Å². The maximum atomic E-state index is 13.5. The van der Waals surface area contributed by atoms with Crippen LogP contribution in [0.2, 0.25) is 0 Å². The number of aromatic nitrogens is 1. The molecule has 6 nitrogen and oxygen atoms in total. The number of hydrogen-bond acceptors (Lipinski definition) is 5. The predicted octanol–water partition coefficient (Wildman–Crippen LogP) is 4.17. The topological polar surface area (TPSA) is 79.4 Å². The Kier molecular flexibility index (Phi) is 5.14. The molecule has 2 aromatic carbocycles. The normalized spacial score (nSPS) is 25.6. The van der Waals surface area contributed by atoms with E-state index in [9.17, 15) is 14.4 Å². The molecule has 34 heavy (non-hydrogen) atoms. The first-order chi connectivity index (χ1) is 16.6. The molecule has 170 valence electrons. The van der Waals surface area contributed by atoms with Crippen molar-refractivity contribution in [3.8, 4) is 11.3 Å². The molecule has 5 atom stereocenters. The fraction of sp³-hybridized carbons (Fsp3) is 0.259. The monoisotopic (exact) mass is 469 g/mol. The molecule has 3 amide bonds. The Morgan fingerprint density at radius 2 is 1.59 bits per heavy atom. The Balaban J connectivity index is 1.28. The minimum absolute atomic E-state index is 0.101. The molecule has 7 heteroatoms. The highest BCUT2D eigenvalue weighted by Crippen LogP contribution is 2.53. The number of amides is 3. The van der Waals surface area contributed by atoms with Gasteiger partial charge >= 0.3 is 0 Å². The maximum absolute atomic E-state index is 13.5. The van der Waals surface area contributed by atoms with Gasteiger partial charge in [-0.1, -0.05) is 72.8 Å². The number of benzene rings is 2. The van der Waals surface area contributed by atoms with Crippen molar-refractivity contribution in [1.82, 2.24) is 9.88 Å². The molecule has 1 aliphatic heterocycles. The molecule has 1 saturated heterocycles. The van der Waals surface area contributed by atoms with Gasteiger partial charge in [0.15, 0.2) is 5.13 Å². The Morgan fingerprint density at radius 3 is 2.24 bits per heavy atom. The van der Waals surface area contributed by atoms with Crippen molar-refractivity contribution >= 4 is 34.2 Å². The van der Waals surface area contributed by atoms with Crippen molar-refractivity contribution < 1.29 is 14.4 Å². The summed E-state index contributed by atoms with van der Waals surface area (Å²) in [6, 6.07) is 18.3. The van der Waals surface area contributed by atoms with E-state index in [1.165, 1.54) is 16.2 Å². The highest BCUT2D eigenvalue weighted by Gasteiger charge is 2.61. The van der Waals surface area contributed by atoms with Crippen LogP contribution in [0, 0.1) is 23.7 Å². The number of nitrogens with zero attached hydrogens (tertiary/aromatic N) is 2. The predicted molar refractivity (Wildman–Crippen MR) is 130 cm³/mol. The van der Waals surface area contributed by atoms with E-state index in [0.717, 1.165) is 23.2 Å². The van der Waals surface area contributed by atoms with E-state index in [2.05, 4.69) is 22.5 Å². The number of anilines is 1. The molecule has 3 aliphatic rings. The summed E-state index contributed by atoms with van der Waals surface area (Å²) in [6.07, 6.45) is 5.25. The van der Waals surface area contributed by atoms with Crippen molar-refractivity contribution in [2.45, 2.75) is 18.9 Å². The van der Waals surface area contributed by atoms with Crippen molar-refractivity contribution in [2.75, 3.05) is 5.32 Å². The molecule has 6 rings (SSSR count). The second kappa shape index (κ2) is 8.33. The number of fused-ring (bicyclic) bond motifs is 5. The van der Waals surface area contributed by atoms with Crippen LogP contribution in [-0.2, 0) is 20.8 Å². The van der Waals surface area contributed by atoms with Gasteiger partial charge in [-0.3, -0.25) is 19.3 Å². The van der Waals surface area contributed by atoms with E-state index in [0.29, 0.717) is 5.13 Å². The highest BCUT2D eigenvalue weighted by molar-refractivity contribution is 7.14. The van der Waals surface area contributed by atoms with Crippen molar-refractivity contribution in [3.05, 3.63) is 83.8 Å². The smallest absolute Gasteiger partial charge is 0.249 e. The van der Waals surface area contributed by atoms with Gasteiger partial charge in [0.05, 0.1) is 17.5 Å². The summed E-state index contributed by atoms with van der Waals surface area (Å²) >= 11 is 1.33. The third-order valence-electron chi connectivity index (χ3n) is 7.19. The molecule has 3 aromatic rings.